The van der Waals surface area contributed by atoms with Crippen molar-refractivity contribution in [1.82, 2.24) is 25.5 Å². The molecule has 1 aliphatic rings. The molecule has 0 unspecified atom stereocenters. The molecule has 0 saturated carbocycles. The molecule has 3 aromatic rings. The molecular formula is C21H25N7O2. The van der Waals surface area contributed by atoms with Crippen LogP contribution in [0.15, 0.2) is 28.8 Å². The average Bonchev–Trinajstić information content (AvgIpc) is 3.12. The molecule has 2 aromatic heterocycles. The lowest BCUT2D eigenvalue weighted by atomic mass is 9.87. The SMILES string of the molecule is CC1(C)Cc2ccc(Nc3ncc(-c4nnc(C(C)(C)C)o4)c(N)n3)cc2C(=O)N1. The number of benzene rings is 1. The van der Waals surface area contributed by atoms with E-state index in [0.717, 1.165) is 12.0 Å². The molecule has 156 valence electrons. The van der Waals surface area contributed by atoms with Gasteiger partial charge in [-0.15, -0.1) is 10.2 Å². The molecule has 9 nitrogen and oxygen atoms in total. The second-order valence-electron chi connectivity index (χ2n) is 9.17. The van der Waals surface area contributed by atoms with E-state index in [0.29, 0.717) is 28.7 Å². The lowest BCUT2D eigenvalue weighted by Crippen LogP contribution is -2.49. The predicted molar refractivity (Wildman–Crippen MR) is 113 cm³/mol. The van der Waals surface area contributed by atoms with Crippen LogP contribution < -0.4 is 16.4 Å². The van der Waals surface area contributed by atoms with E-state index in [1.54, 1.807) is 6.07 Å². The molecule has 0 spiro atoms. The van der Waals surface area contributed by atoms with Gasteiger partial charge in [-0.1, -0.05) is 26.8 Å². The van der Waals surface area contributed by atoms with Crippen molar-refractivity contribution in [2.45, 2.75) is 52.0 Å². The topological polar surface area (TPSA) is 132 Å². The molecule has 4 N–H and O–H groups in total. The molecule has 1 aliphatic heterocycles. The first-order valence-electron chi connectivity index (χ1n) is 9.71. The van der Waals surface area contributed by atoms with Crippen molar-refractivity contribution in [1.29, 1.82) is 0 Å². The highest BCUT2D eigenvalue weighted by atomic mass is 16.4. The number of carbonyl (C=O) groups is 1. The zero-order chi connectivity index (χ0) is 21.7. The van der Waals surface area contributed by atoms with E-state index in [9.17, 15) is 4.79 Å². The van der Waals surface area contributed by atoms with Crippen molar-refractivity contribution in [2.75, 3.05) is 11.1 Å². The van der Waals surface area contributed by atoms with Gasteiger partial charge >= 0.3 is 0 Å². The van der Waals surface area contributed by atoms with Gasteiger partial charge in [-0.3, -0.25) is 4.79 Å². The molecule has 0 atom stereocenters. The van der Waals surface area contributed by atoms with Crippen LogP contribution in [-0.2, 0) is 11.8 Å². The number of aromatic nitrogens is 4. The average molecular weight is 407 g/mol. The smallest absolute Gasteiger partial charge is 0.253 e. The van der Waals surface area contributed by atoms with Crippen LogP contribution in [0.5, 0.6) is 0 Å². The maximum atomic E-state index is 12.4. The lowest BCUT2D eigenvalue weighted by Gasteiger charge is -2.32. The molecule has 9 heteroatoms. The molecular weight excluding hydrogens is 382 g/mol. The van der Waals surface area contributed by atoms with E-state index in [-0.39, 0.29) is 28.6 Å². The van der Waals surface area contributed by atoms with Crippen LogP contribution >= 0.6 is 0 Å². The van der Waals surface area contributed by atoms with E-state index < -0.39 is 0 Å². The fourth-order valence-corrected chi connectivity index (χ4v) is 3.30. The Labute approximate surface area is 174 Å². The van der Waals surface area contributed by atoms with E-state index in [4.69, 9.17) is 10.2 Å². The van der Waals surface area contributed by atoms with Crippen LogP contribution in [0.1, 0.15) is 56.4 Å². The van der Waals surface area contributed by atoms with Gasteiger partial charge in [0, 0.05) is 28.4 Å². The number of nitrogens with one attached hydrogen (secondary N) is 2. The summed E-state index contributed by atoms with van der Waals surface area (Å²) in [4.78, 5) is 21.0. The highest BCUT2D eigenvalue weighted by Crippen LogP contribution is 2.29. The second kappa shape index (κ2) is 6.79. The maximum Gasteiger partial charge on any atom is 0.253 e. The standard InChI is InChI=1S/C21H25N7O2/c1-20(2,3)18-28-27-17(30-18)14-10-23-19(25-15(14)22)24-12-7-6-11-9-21(4,5)26-16(29)13(11)8-12/h6-8,10H,9H2,1-5H3,(H,26,29)(H3,22,23,24,25). The van der Waals surface area contributed by atoms with Crippen LogP contribution in [0.2, 0.25) is 0 Å². The van der Waals surface area contributed by atoms with Gasteiger partial charge in [0.1, 0.15) is 5.82 Å². The van der Waals surface area contributed by atoms with Crippen molar-refractivity contribution in [3.05, 3.63) is 41.4 Å². The summed E-state index contributed by atoms with van der Waals surface area (Å²) < 4.78 is 5.72. The third-order valence-corrected chi connectivity index (χ3v) is 4.81. The largest absolute Gasteiger partial charge is 0.420 e. The molecule has 0 radical (unpaired) electrons. The Balaban J connectivity index is 1.57. The van der Waals surface area contributed by atoms with E-state index in [1.165, 1.54) is 6.20 Å². The maximum absolute atomic E-state index is 12.4. The monoisotopic (exact) mass is 407 g/mol. The first-order chi connectivity index (χ1) is 14.0. The zero-order valence-corrected chi connectivity index (χ0v) is 17.7. The molecule has 1 aromatic carbocycles. The van der Waals surface area contributed by atoms with Gasteiger partial charge in [0.25, 0.3) is 11.8 Å². The van der Waals surface area contributed by atoms with Crippen LogP contribution in [0.3, 0.4) is 0 Å². The lowest BCUT2D eigenvalue weighted by molar-refractivity contribution is 0.0897. The van der Waals surface area contributed by atoms with Gasteiger partial charge in [0.05, 0.1) is 5.56 Å². The van der Waals surface area contributed by atoms with Crippen molar-refractivity contribution >= 4 is 23.4 Å². The fourth-order valence-electron chi connectivity index (χ4n) is 3.30. The molecule has 30 heavy (non-hydrogen) atoms. The number of anilines is 3. The Morgan fingerprint density at radius 1 is 1.20 bits per heavy atom. The third kappa shape index (κ3) is 3.83. The molecule has 0 fully saturated rings. The van der Waals surface area contributed by atoms with Crippen molar-refractivity contribution in [3.8, 4) is 11.5 Å². The number of fused-ring (bicyclic) bond motifs is 1. The first kappa shape index (κ1) is 19.8. The summed E-state index contributed by atoms with van der Waals surface area (Å²) in [6, 6.07) is 5.64. The van der Waals surface area contributed by atoms with Crippen LogP contribution in [0.25, 0.3) is 11.5 Å². The van der Waals surface area contributed by atoms with Gasteiger partial charge < -0.3 is 20.8 Å². The summed E-state index contributed by atoms with van der Waals surface area (Å²) in [7, 11) is 0. The Hall–Kier alpha value is -3.49. The Morgan fingerprint density at radius 3 is 2.63 bits per heavy atom. The number of hydrogen-bond donors (Lipinski definition) is 3. The van der Waals surface area contributed by atoms with Crippen molar-refractivity contribution in [2.24, 2.45) is 0 Å². The van der Waals surface area contributed by atoms with Crippen molar-refractivity contribution in [3.63, 3.8) is 0 Å². The van der Waals surface area contributed by atoms with Gasteiger partial charge in [0.2, 0.25) is 11.8 Å². The number of amides is 1. The van der Waals surface area contributed by atoms with E-state index >= 15 is 0 Å². The molecule has 0 bridgehead atoms. The van der Waals surface area contributed by atoms with E-state index in [2.05, 4.69) is 30.8 Å². The summed E-state index contributed by atoms with van der Waals surface area (Å²) in [6.45, 7) is 9.96. The third-order valence-electron chi connectivity index (χ3n) is 4.81. The quantitative estimate of drug-likeness (QED) is 0.603. The minimum atomic E-state index is -0.268. The zero-order valence-electron chi connectivity index (χ0n) is 17.7. The molecule has 1 amide bonds. The van der Waals surface area contributed by atoms with Crippen molar-refractivity contribution < 1.29 is 9.21 Å². The Bertz CT molecular complexity index is 1130. The minimum absolute atomic E-state index is 0.0910. The van der Waals surface area contributed by atoms with Crippen LogP contribution in [0.4, 0.5) is 17.5 Å². The van der Waals surface area contributed by atoms with Gasteiger partial charge in [-0.2, -0.15) is 4.98 Å². The Kier molecular flexibility index (Phi) is 4.48. The number of nitrogen functional groups attached to an aromatic ring is 1. The predicted octanol–water partition coefficient (Wildman–Crippen LogP) is 3.21. The fraction of sp³-hybridized carbons (Fsp3) is 0.381. The van der Waals surface area contributed by atoms with Gasteiger partial charge in [0.15, 0.2) is 0 Å². The highest BCUT2D eigenvalue weighted by Gasteiger charge is 2.30. The van der Waals surface area contributed by atoms with Gasteiger partial charge in [-0.25, -0.2) is 4.98 Å². The molecule has 0 aliphatic carbocycles. The summed E-state index contributed by atoms with van der Waals surface area (Å²) in [5.41, 5.74) is 8.40. The van der Waals surface area contributed by atoms with Crippen LogP contribution in [-0.4, -0.2) is 31.6 Å². The van der Waals surface area contributed by atoms with E-state index in [1.807, 2.05) is 46.8 Å². The number of rotatable bonds is 3. The molecule has 4 rings (SSSR count). The normalized spacial score (nSPS) is 15.4. The minimum Gasteiger partial charge on any atom is -0.420 e. The highest BCUT2D eigenvalue weighted by molar-refractivity contribution is 5.98. The number of nitrogens with two attached hydrogens (primary N) is 1. The second-order valence-corrected chi connectivity index (χ2v) is 9.17. The number of nitrogens with zero attached hydrogens (tertiary/aromatic N) is 4. The van der Waals surface area contributed by atoms with Crippen LogP contribution in [0, 0.1) is 0 Å². The summed E-state index contributed by atoms with van der Waals surface area (Å²) in [6.07, 6.45) is 2.31. The summed E-state index contributed by atoms with van der Waals surface area (Å²) >= 11 is 0. The molecule has 3 heterocycles. The first-order valence-corrected chi connectivity index (χ1v) is 9.71. The molecule has 0 saturated heterocycles. The summed E-state index contributed by atoms with van der Waals surface area (Å²) in [5.74, 6) is 1.22. The summed E-state index contributed by atoms with van der Waals surface area (Å²) in [5, 5.41) is 14.2. The Morgan fingerprint density at radius 2 is 1.97 bits per heavy atom. The number of carbonyl (C=O) groups excluding carboxylic acids is 1. The van der Waals surface area contributed by atoms with Gasteiger partial charge in [-0.05, 0) is 38.0 Å². The number of hydrogen-bond acceptors (Lipinski definition) is 8.